The molecule has 1 aromatic heterocycles. The lowest BCUT2D eigenvalue weighted by Gasteiger charge is -2.07. The maximum absolute atomic E-state index is 11.4. The number of rotatable bonds is 9. The number of imidazole rings is 1. The molecule has 1 heterocycles. The van der Waals surface area contributed by atoms with Crippen molar-refractivity contribution in [2.45, 2.75) is 6.54 Å². The monoisotopic (exact) mass is 298 g/mol. The van der Waals surface area contributed by atoms with E-state index in [9.17, 15) is 9.59 Å². The molecule has 0 bridgehead atoms. The van der Waals surface area contributed by atoms with Gasteiger partial charge in [0.15, 0.2) is 5.69 Å². The lowest BCUT2D eigenvalue weighted by Crippen LogP contribution is -2.38. The van der Waals surface area contributed by atoms with E-state index in [1.807, 2.05) is 6.08 Å². The van der Waals surface area contributed by atoms with Crippen LogP contribution in [0.1, 0.15) is 10.5 Å². The second kappa shape index (κ2) is 9.03. The van der Waals surface area contributed by atoms with Crippen LogP contribution in [0.5, 0.6) is 0 Å². The van der Waals surface area contributed by atoms with Crippen molar-refractivity contribution < 1.29 is 14.7 Å². The first kappa shape index (κ1) is 16.1. The summed E-state index contributed by atoms with van der Waals surface area (Å²) >= 11 is 1.69. The molecule has 8 heteroatoms. The summed E-state index contributed by atoms with van der Waals surface area (Å²) in [6, 6.07) is -0.234. The number of nitrogens with zero attached hydrogens (tertiary/aromatic N) is 2. The zero-order valence-corrected chi connectivity index (χ0v) is 11.9. The highest BCUT2D eigenvalue weighted by Gasteiger charge is 2.06. The van der Waals surface area contributed by atoms with Crippen molar-refractivity contribution in [3.05, 3.63) is 30.9 Å². The lowest BCUT2D eigenvalue weighted by atomic mass is 10.5. The van der Waals surface area contributed by atoms with Gasteiger partial charge < -0.3 is 20.3 Å². The number of carbonyl (C=O) groups is 2. The van der Waals surface area contributed by atoms with Gasteiger partial charge in [0.05, 0.1) is 6.33 Å². The van der Waals surface area contributed by atoms with Gasteiger partial charge in [-0.1, -0.05) is 6.08 Å². The van der Waals surface area contributed by atoms with Gasteiger partial charge in [0, 0.05) is 37.3 Å². The number of urea groups is 1. The maximum Gasteiger partial charge on any atom is 0.356 e. The van der Waals surface area contributed by atoms with Gasteiger partial charge in [-0.15, -0.1) is 6.58 Å². The molecule has 0 aromatic carbocycles. The van der Waals surface area contributed by atoms with E-state index in [1.165, 1.54) is 12.5 Å². The molecule has 7 nitrogen and oxygen atoms in total. The van der Waals surface area contributed by atoms with E-state index < -0.39 is 5.97 Å². The van der Waals surface area contributed by atoms with Crippen molar-refractivity contribution in [2.75, 3.05) is 24.6 Å². The van der Waals surface area contributed by atoms with Crippen LogP contribution >= 0.6 is 11.8 Å². The molecule has 1 rings (SSSR count). The number of amides is 2. The average molecular weight is 298 g/mol. The molecule has 0 atom stereocenters. The van der Waals surface area contributed by atoms with Gasteiger partial charge in [-0.25, -0.2) is 14.6 Å². The average Bonchev–Trinajstić information content (AvgIpc) is 2.87. The van der Waals surface area contributed by atoms with Crippen LogP contribution in [0.3, 0.4) is 0 Å². The molecule has 0 aliphatic rings. The van der Waals surface area contributed by atoms with Crippen molar-refractivity contribution in [1.82, 2.24) is 20.2 Å². The second-order valence-electron chi connectivity index (χ2n) is 3.85. The first-order chi connectivity index (χ1) is 9.63. The van der Waals surface area contributed by atoms with Crippen LogP contribution in [0.2, 0.25) is 0 Å². The minimum atomic E-state index is -1.06. The third-order valence-electron chi connectivity index (χ3n) is 2.28. The molecule has 0 spiro atoms. The van der Waals surface area contributed by atoms with Crippen molar-refractivity contribution in [3.8, 4) is 0 Å². The first-order valence-electron chi connectivity index (χ1n) is 6.09. The molecule has 0 aliphatic heterocycles. The van der Waals surface area contributed by atoms with Crippen LogP contribution in [0.15, 0.2) is 25.2 Å². The van der Waals surface area contributed by atoms with Crippen LogP contribution in [-0.2, 0) is 6.54 Å². The third kappa shape index (κ3) is 6.28. The fraction of sp³-hybridized carbons (Fsp3) is 0.417. The van der Waals surface area contributed by atoms with Crippen molar-refractivity contribution >= 4 is 23.8 Å². The molecular weight excluding hydrogens is 280 g/mol. The van der Waals surface area contributed by atoms with E-state index in [0.29, 0.717) is 19.6 Å². The van der Waals surface area contributed by atoms with E-state index in [2.05, 4.69) is 22.2 Å². The van der Waals surface area contributed by atoms with Crippen molar-refractivity contribution in [1.29, 1.82) is 0 Å². The summed E-state index contributed by atoms with van der Waals surface area (Å²) in [5.41, 5.74) is -0.00584. The quantitative estimate of drug-likeness (QED) is 0.463. The summed E-state index contributed by atoms with van der Waals surface area (Å²) in [5, 5.41) is 14.1. The number of hydrogen-bond acceptors (Lipinski definition) is 4. The van der Waals surface area contributed by atoms with Gasteiger partial charge in [0.2, 0.25) is 0 Å². The fourth-order valence-corrected chi connectivity index (χ4v) is 1.94. The summed E-state index contributed by atoms with van der Waals surface area (Å²) in [6.45, 7) is 5.08. The smallest absolute Gasteiger partial charge is 0.356 e. The highest BCUT2D eigenvalue weighted by molar-refractivity contribution is 7.99. The Morgan fingerprint density at radius 2 is 2.20 bits per heavy atom. The molecule has 0 unspecified atom stereocenters. The van der Waals surface area contributed by atoms with Gasteiger partial charge in [0.25, 0.3) is 0 Å². The number of aromatic nitrogens is 2. The number of carboxylic acid groups (broad SMARTS) is 1. The van der Waals surface area contributed by atoms with E-state index in [0.717, 1.165) is 11.5 Å². The van der Waals surface area contributed by atoms with E-state index in [4.69, 9.17) is 5.11 Å². The molecule has 2 amide bonds. The van der Waals surface area contributed by atoms with Crippen LogP contribution in [-0.4, -0.2) is 51.3 Å². The van der Waals surface area contributed by atoms with Gasteiger partial charge in [-0.3, -0.25) is 0 Å². The van der Waals surface area contributed by atoms with E-state index >= 15 is 0 Å². The summed E-state index contributed by atoms with van der Waals surface area (Å²) in [4.78, 5) is 25.8. The molecule has 0 saturated heterocycles. The van der Waals surface area contributed by atoms with Gasteiger partial charge in [-0.2, -0.15) is 11.8 Å². The molecule has 0 radical (unpaired) electrons. The normalized spacial score (nSPS) is 10.0. The van der Waals surface area contributed by atoms with Crippen molar-refractivity contribution in [3.63, 3.8) is 0 Å². The van der Waals surface area contributed by atoms with E-state index in [-0.39, 0.29) is 11.7 Å². The Hall–Kier alpha value is -1.96. The van der Waals surface area contributed by atoms with Crippen LogP contribution < -0.4 is 10.6 Å². The zero-order chi connectivity index (χ0) is 14.8. The number of carboxylic acids is 1. The fourth-order valence-electron chi connectivity index (χ4n) is 1.36. The molecular formula is C12H18N4O3S. The Bertz CT molecular complexity index is 461. The summed E-state index contributed by atoms with van der Waals surface area (Å²) < 4.78 is 1.61. The third-order valence-corrected chi connectivity index (χ3v) is 3.24. The molecule has 20 heavy (non-hydrogen) atoms. The Labute approximate surface area is 121 Å². The predicted octanol–water partition coefficient (Wildman–Crippen LogP) is 0.800. The Morgan fingerprint density at radius 3 is 2.85 bits per heavy atom. The van der Waals surface area contributed by atoms with Gasteiger partial charge in [-0.05, 0) is 0 Å². The van der Waals surface area contributed by atoms with Crippen molar-refractivity contribution in [2.24, 2.45) is 0 Å². The minimum Gasteiger partial charge on any atom is -0.476 e. The SMILES string of the molecule is C=CCSCCNC(=O)NCCn1cnc(C(=O)O)c1. The Morgan fingerprint density at radius 1 is 1.45 bits per heavy atom. The topological polar surface area (TPSA) is 96.3 Å². The summed E-state index contributed by atoms with van der Waals surface area (Å²) in [7, 11) is 0. The summed E-state index contributed by atoms with van der Waals surface area (Å²) in [6.07, 6.45) is 4.67. The van der Waals surface area contributed by atoms with Crippen LogP contribution in [0.25, 0.3) is 0 Å². The Balaban J connectivity index is 2.11. The largest absolute Gasteiger partial charge is 0.476 e. The predicted molar refractivity (Wildman–Crippen MR) is 78.1 cm³/mol. The Kier molecular flexibility index (Phi) is 7.26. The standard InChI is InChI=1S/C12H18N4O3S/c1-2-6-20-7-4-14-12(19)13-3-5-16-8-10(11(17)18)15-9-16/h2,8-9H,1,3-7H2,(H,17,18)(H2,13,14,19). The maximum atomic E-state index is 11.4. The highest BCUT2D eigenvalue weighted by atomic mass is 32.2. The second-order valence-corrected chi connectivity index (χ2v) is 5.00. The van der Waals surface area contributed by atoms with Crippen LogP contribution in [0, 0.1) is 0 Å². The number of thioether (sulfide) groups is 1. The molecule has 0 fully saturated rings. The molecule has 110 valence electrons. The first-order valence-corrected chi connectivity index (χ1v) is 7.24. The zero-order valence-electron chi connectivity index (χ0n) is 11.0. The molecule has 3 N–H and O–H groups in total. The molecule has 1 aromatic rings. The van der Waals surface area contributed by atoms with Gasteiger partial charge in [0.1, 0.15) is 0 Å². The number of hydrogen-bond donors (Lipinski definition) is 3. The minimum absolute atomic E-state index is 0.00584. The van der Waals surface area contributed by atoms with Gasteiger partial charge >= 0.3 is 12.0 Å². The number of carbonyl (C=O) groups excluding carboxylic acids is 1. The van der Waals surface area contributed by atoms with E-state index in [1.54, 1.807) is 16.3 Å². The lowest BCUT2D eigenvalue weighted by molar-refractivity contribution is 0.0691. The number of aromatic carboxylic acids is 1. The summed E-state index contributed by atoms with van der Waals surface area (Å²) in [5.74, 6) is 0.644. The highest BCUT2D eigenvalue weighted by Crippen LogP contribution is 1.97. The van der Waals surface area contributed by atoms with Crippen LogP contribution in [0.4, 0.5) is 4.79 Å². The molecule has 0 aliphatic carbocycles. The molecule has 0 saturated carbocycles. The number of nitrogens with one attached hydrogen (secondary N) is 2.